The van der Waals surface area contributed by atoms with Crippen LogP contribution in [0.2, 0.25) is 0 Å². The molecule has 2 aromatic rings. The molecule has 0 unspecified atom stereocenters. The van der Waals surface area contributed by atoms with Gasteiger partial charge in [-0.3, -0.25) is 4.68 Å². The molecular formula is C13H17N3S. The van der Waals surface area contributed by atoms with Crippen LogP contribution in [0.3, 0.4) is 0 Å². The summed E-state index contributed by atoms with van der Waals surface area (Å²) in [6.45, 7) is 3.21. The summed E-state index contributed by atoms with van der Waals surface area (Å²) in [5.41, 5.74) is 2.57. The van der Waals surface area contributed by atoms with E-state index in [4.69, 9.17) is 0 Å². The molecule has 0 aliphatic carbocycles. The Morgan fingerprint density at radius 1 is 1.35 bits per heavy atom. The fourth-order valence-corrected chi connectivity index (χ4v) is 3.30. The van der Waals surface area contributed by atoms with Crippen molar-refractivity contribution in [2.24, 2.45) is 7.05 Å². The normalized spacial score (nSPS) is 15.2. The van der Waals surface area contributed by atoms with Gasteiger partial charge in [0.15, 0.2) is 0 Å². The summed E-state index contributed by atoms with van der Waals surface area (Å²) in [7, 11) is 2.03. The first kappa shape index (κ1) is 10.8. The van der Waals surface area contributed by atoms with Crippen LogP contribution in [0.5, 0.6) is 0 Å². The molecule has 1 aliphatic heterocycles. The molecule has 3 rings (SSSR count). The van der Waals surface area contributed by atoms with Crippen molar-refractivity contribution >= 4 is 17.2 Å². The van der Waals surface area contributed by atoms with Crippen molar-refractivity contribution in [1.29, 1.82) is 0 Å². The Bertz CT molecular complexity index is 539. The maximum Gasteiger partial charge on any atom is 0.127 e. The number of rotatable bonds is 1. The van der Waals surface area contributed by atoms with Crippen LogP contribution in [0, 0.1) is 6.92 Å². The van der Waals surface area contributed by atoms with Gasteiger partial charge in [0.1, 0.15) is 11.5 Å². The molecule has 0 fully saturated rings. The van der Waals surface area contributed by atoms with Gasteiger partial charge in [0.25, 0.3) is 0 Å². The van der Waals surface area contributed by atoms with E-state index in [0.717, 1.165) is 13.0 Å². The Morgan fingerprint density at radius 2 is 2.24 bits per heavy atom. The van der Waals surface area contributed by atoms with E-state index in [1.165, 1.54) is 39.7 Å². The molecule has 3 nitrogen and oxygen atoms in total. The lowest BCUT2D eigenvalue weighted by Crippen LogP contribution is -2.04. The Labute approximate surface area is 105 Å². The number of anilines is 1. The molecule has 1 N–H and O–H groups in total. The molecule has 0 radical (unpaired) electrons. The maximum atomic E-state index is 4.68. The monoisotopic (exact) mass is 247 g/mol. The molecule has 0 aromatic carbocycles. The van der Waals surface area contributed by atoms with Crippen molar-refractivity contribution < 1.29 is 0 Å². The Balaban J connectivity index is 2.11. The highest BCUT2D eigenvalue weighted by Gasteiger charge is 2.19. The zero-order chi connectivity index (χ0) is 11.8. The van der Waals surface area contributed by atoms with Crippen LogP contribution in [-0.4, -0.2) is 16.3 Å². The van der Waals surface area contributed by atoms with Gasteiger partial charge >= 0.3 is 0 Å². The first-order chi connectivity index (χ1) is 8.25. The third-order valence-corrected chi connectivity index (χ3v) is 4.27. The van der Waals surface area contributed by atoms with Gasteiger partial charge in [-0.25, -0.2) is 0 Å². The van der Waals surface area contributed by atoms with E-state index in [9.17, 15) is 0 Å². The van der Waals surface area contributed by atoms with Crippen molar-refractivity contribution in [3.8, 4) is 10.6 Å². The molecular weight excluding hydrogens is 230 g/mol. The van der Waals surface area contributed by atoms with E-state index in [1.54, 1.807) is 0 Å². The van der Waals surface area contributed by atoms with Crippen LogP contribution >= 0.6 is 11.3 Å². The molecule has 3 heterocycles. The first-order valence-electron chi connectivity index (χ1n) is 6.12. The predicted molar refractivity (Wildman–Crippen MR) is 72.7 cm³/mol. The molecule has 0 bridgehead atoms. The fourth-order valence-electron chi connectivity index (χ4n) is 2.42. The van der Waals surface area contributed by atoms with Crippen molar-refractivity contribution in [3.05, 3.63) is 22.6 Å². The molecule has 2 aromatic heterocycles. The lowest BCUT2D eigenvalue weighted by atomic mass is 10.1. The van der Waals surface area contributed by atoms with E-state index in [0.29, 0.717) is 0 Å². The van der Waals surface area contributed by atoms with Gasteiger partial charge in [0.2, 0.25) is 0 Å². The Hall–Kier alpha value is -1.29. The van der Waals surface area contributed by atoms with Gasteiger partial charge in [0, 0.05) is 24.0 Å². The van der Waals surface area contributed by atoms with Crippen molar-refractivity contribution in [2.45, 2.75) is 26.2 Å². The minimum Gasteiger partial charge on any atom is -0.370 e. The van der Waals surface area contributed by atoms with Crippen molar-refractivity contribution in [1.82, 2.24) is 9.78 Å². The van der Waals surface area contributed by atoms with Crippen LogP contribution < -0.4 is 5.32 Å². The number of aromatic nitrogens is 2. The highest BCUT2D eigenvalue weighted by atomic mass is 32.1. The predicted octanol–water partition coefficient (Wildman–Crippen LogP) is 3.21. The Kier molecular flexibility index (Phi) is 2.67. The van der Waals surface area contributed by atoms with E-state index >= 15 is 0 Å². The average molecular weight is 247 g/mol. The molecule has 1 aliphatic rings. The summed E-state index contributed by atoms with van der Waals surface area (Å²) >= 11 is 1.83. The number of fused-ring (bicyclic) bond motifs is 1. The molecule has 0 saturated heterocycles. The number of thiophene rings is 1. The molecule has 0 spiro atoms. The number of aryl methyl sites for hydroxylation is 2. The van der Waals surface area contributed by atoms with Crippen LogP contribution in [-0.2, 0) is 13.5 Å². The SMILES string of the molecule is Cc1ccc(-c2nn(C)c3c2CCCCN3)s1. The van der Waals surface area contributed by atoms with Crippen molar-refractivity contribution in [3.63, 3.8) is 0 Å². The minimum absolute atomic E-state index is 1.06. The molecule has 0 saturated carbocycles. The zero-order valence-electron chi connectivity index (χ0n) is 10.3. The van der Waals surface area contributed by atoms with E-state index in [-0.39, 0.29) is 0 Å². The lowest BCUT2D eigenvalue weighted by molar-refractivity contribution is 0.757. The maximum absolute atomic E-state index is 4.68. The second-order valence-corrected chi connectivity index (χ2v) is 5.88. The summed E-state index contributed by atoms with van der Waals surface area (Å²) in [5, 5.41) is 8.18. The molecule has 90 valence electrons. The van der Waals surface area contributed by atoms with E-state index in [2.05, 4.69) is 29.5 Å². The van der Waals surface area contributed by atoms with Crippen LogP contribution in [0.15, 0.2) is 12.1 Å². The van der Waals surface area contributed by atoms with Gasteiger partial charge in [-0.05, 0) is 38.3 Å². The van der Waals surface area contributed by atoms with Gasteiger partial charge in [-0.1, -0.05) is 0 Å². The van der Waals surface area contributed by atoms with E-state index < -0.39 is 0 Å². The smallest absolute Gasteiger partial charge is 0.127 e. The number of hydrogen-bond donors (Lipinski definition) is 1. The second-order valence-electron chi connectivity index (χ2n) is 4.59. The molecule has 4 heteroatoms. The summed E-state index contributed by atoms with van der Waals surface area (Å²) in [6.07, 6.45) is 3.64. The third-order valence-electron chi connectivity index (χ3n) is 3.27. The number of nitrogens with one attached hydrogen (secondary N) is 1. The Morgan fingerprint density at radius 3 is 3.00 bits per heavy atom. The number of nitrogens with zero attached hydrogens (tertiary/aromatic N) is 2. The molecule has 0 atom stereocenters. The van der Waals surface area contributed by atoms with Gasteiger partial charge < -0.3 is 5.32 Å². The topological polar surface area (TPSA) is 29.9 Å². The third kappa shape index (κ3) is 1.86. The van der Waals surface area contributed by atoms with E-state index in [1.807, 2.05) is 23.1 Å². The van der Waals surface area contributed by atoms with Crippen LogP contribution in [0.1, 0.15) is 23.3 Å². The first-order valence-corrected chi connectivity index (χ1v) is 6.94. The molecule has 0 amide bonds. The quantitative estimate of drug-likeness (QED) is 0.838. The van der Waals surface area contributed by atoms with Gasteiger partial charge in [0.05, 0.1) is 4.88 Å². The fraction of sp³-hybridized carbons (Fsp3) is 0.462. The number of hydrogen-bond acceptors (Lipinski definition) is 3. The summed E-state index contributed by atoms with van der Waals surface area (Å²) in [5.74, 6) is 1.21. The summed E-state index contributed by atoms with van der Waals surface area (Å²) in [6, 6.07) is 4.36. The minimum atomic E-state index is 1.06. The standard InChI is InChI=1S/C13H17N3S/c1-9-6-7-11(17-9)12-10-5-3-4-8-14-13(10)16(2)15-12/h6-7,14H,3-5,8H2,1-2H3. The lowest BCUT2D eigenvalue weighted by Gasteiger charge is -2.03. The largest absolute Gasteiger partial charge is 0.370 e. The van der Waals surface area contributed by atoms with Crippen LogP contribution in [0.4, 0.5) is 5.82 Å². The van der Waals surface area contributed by atoms with Gasteiger partial charge in [-0.2, -0.15) is 5.10 Å². The second kappa shape index (κ2) is 4.18. The summed E-state index contributed by atoms with van der Waals surface area (Å²) < 4.78 is 1.99. The van der Waals surface area contributed by atoms with Crippen molar-refractivity contribution in [2.75, 3.05) is 11.9 Å². The molecule has 17 heavy (non-hydrogen) atoms. The zero-order valence-corrected chi connectivity index (χ0v) is 11.1. The summed E-state index contributed by atoms with van der Waals surface area (Å²) in [4.78, 5) is 2.64. The highest BCUT2D eigenvalue weighted by molar-refractivity contribution is 7.15. The van der Waals surface area contributed by atoms with Gasteiger partial charge in [-0.15, -0.1) is 11.3 Å². The highest BCUT2D eigenvalue weighted by Crippen LogP contribution is 2.34. The average Bonchev–Trinajstić information content (AvgIpc) is 2.75. The van der Waals surface area contributed by atoms with Crippen LogP contribution in [0.25, 0.3) is 10.6 Å².